The molecule has 1 aromatic rings. The lowest BCUT2D eigenvalue weighted by atomic mass is 9.85. The van der Waals surface area contributed by atoms with Crippen LogP contribution in [-0.2, 0) is 17.8 Å². The maximum Gasteiger partial charge on any atom is 0.407 e. The SMILES string of the molecule is CC(C)(C)OC(=O)NCc1ccccc1CNCC1CCC1. The summed E-state index contributed by atoms with van der Waals surface area (Å²) in [5, 5.41) is 6.35. The summed E-state index contributed by atoms with van der Waals surface area (Å²) in [6, 6.07) is 8.20. The molecule has 1 aromatic carbocycles. The Balaban J connectivity index is 1.80. The van der Waals surface area contributed by atoms with Crippen LogP contribution < -0.4 is 10.6 Å². The van der Waals surface area contributed by atoms with E-state index in [1.54, 1.807) is 0 Å². The topological polar surface area (TPSA) is 50.4 Å². The first-order chi connectivity index (χ1) is 10.4. The molecule has 0 heterocycles. The Labute approximate surface area is 133 Å². The highest BCUT2D eigenvalue weighted by Gasteiger charge is 2.17. The van der Waals surface area contributed by atoms with Crippen molar-refractivity contribution in [2.75, 3.05) is 6.54 Å². The smallest absolute Gasteiger partial charge is 0.407 e. The van der Waals surface area contributed by atoms with Crippen molar-refractivity contribution in [1.29, 1.82) is 0 Å². The first kappa shape index (κ1) is 16.8. The molecule has 1 aliphatic carbocycles. The lowest BCUT2D eigenvalue weighted by molar-refractivity contribution is 0.0523. The molecule has 1 fully saturated rings. The zero-order valence-corrected chi connectivity index (χ0v) is 13.9. The van der Waals surface area contributed by atoms with E-state index in [4.69, 9.17) is 4.74 Å². The van der Waals surface area contributed by atoms with E-state index in [1.807, 2.05) is 32.9 Å². The van der Waals surface area contributed by atoms with Crippen molar-refractivity contribution in [3.8, 4) is 0 Å². The predicted octanol–water partition coefficient (Wildman–Crippen LogP) is 3.60. The second kappa shape index (κ2) is 7.63. The van der Waals surface area contributed by atoms with E-state index in [9.17, 15) is 4.79 Å². The average molecular weight is 304 g/mol. The van der Waals surface area contributed by atoms with Crippen LogP contribution in [0.5, 0.6) is 0 Å². The summed E-state index contributed by atoms with van der Waals surface area (Å²) in [6.45, 7) is 8.04. The number of alkyl carbamates (subject to hydrolysis) is 1. The second-order valence-corrected chi connectivity index (χ2v) is 7.05. The molecule has 0 aromatic heterocycles. The zero-order valence-electron chi connectivity index (χ0n) is 13.9. The van der Waals surface area contributed by atoms with Crippen molar-refractivity contribution in [1.82, 2.24) is 10.6 Å². The van der Waals surface area contributed by atoms with Gasteiger partial charge in [0.05, 0.1) is 0 Å². The molecule has 122 valence electrons. The Hall–Kier alpha value is -1.55. The molecule has 4 nitrogen and oxygen atoms in total. The summed E-state index contributed by atoms with van der Waals surface area (Å²) < 4.78 is 5.27. The molecule has 0 unspecified atom stereocenters. The molecular weight excluding hydrogens is 276 g/mol. The molecule has 1 aliphatic rings. The predicted molar refractivity (Wildman–Crippen MR) is 88.6 cm³/mol. The Bertz CT molecular complexity index is 490. The van der Waals surface area contributed by atoms with Gasteiger partial charge in [0.2, 0.25) is 0 Å². The van der Waals surface area contributed by atoms with E-state index in [0.29, 0.717) is 6.54 Å². The lowest BCUT2D eigenvalue weighted by Crippen LogP contribution is -2.32. The normalized spacial score (nSPS) is 15.2. The summed E-state index contributed by atoms with van der Waals surface area (Å²) in [5.41, 5.74) is 1.90. The number of hydrogen-bond donors (Lipinski definition) is 2. The average Bonchev–Trinajstić information content (AvgIpc) is 2.38. The highest BCUT2D eigenvalue weighted by atomic mass is 16.6. The third-order valence-corrected chi connectivity index (χ3v) is 3.91. The summed E-state index contributed by atoms with van der Waals surface area (Å²) >= 11 is 0. The first-order valence-electron chi connectivity index (χ1n) is 8.18. The van der Waals surface area contributed by atoms with Crippen molar-refractivity contribution in [3.05, 3.63) is 35.4 Å². The molecule has 2 rings (SSSR count). The van der Waals surface area contributed by atoms with Gasteiger partial charge in [-0.3, -0.25) is 0 Å². The Kier molecular flexibility index (Phi) is 5.83. The first-order valence-corrected chi connectivity index (χ1v) is 8.18. The van der Waals surface area contributed by atoms with E-state index < -0.39 is 5.60 Å². The van der Waals surface area contributed by atoms with Gasteiger partial charge in [0, 0.05) is 13.1 Å². The molecule has 0 spiro atoms. The standard InChI is InChI=1S/C18H28N2O2/c1-18(2,3)22-17(21)20-13-16-10-5-4-9-15(16)12-19-11-14-7-6-8-14/h4-5,9-10,14,19H,6-8,11-13H2,1-3H3,(H,20,21). The number of carbonyl (C=O) groups is 1. The van der Waals surface area contributed by atoms with Crippen molar-refractivity contribution < 1.29 is 9.53 Å². The molecule has 2 N–H and O–H groups in total. The van der Waals surface area contributed by atoms with Crippen LogP contribution in [0.3, 0.4) is 0 Å². The lowest BCUT2D eigenvalue weighted by Gasteiger charge is -2.25. The number of rotatable bonds is 6. The van der Waals surface area contributed by atoms with Gasteiger partial charge >= 0.3 is 6.09 Å². The highest BCUT2D eigenvalue weighted by molar-refractivity contribution is 5.67. The number of nitrogens with one attached hydrogen (secondary N) is 2. The van der Waals surface area contributed by atoms with Crippen molar-refractivity contribution >= 4 is 6.09 Å². The van der Waals surface area contributed by atoms with Gasteiger partial charge in [-0.1, -0.05) is 30.7 Å². The second-order valence-electron chi connectivity index (χ2n) is 7.05. The zero-order chi connectivity index (χ0) is 16.0. The number of hydrogen-bond acceptors (Lipinski definition) is 3. The van der Waals surface area contributed by atoms with Crippen LogP contribution in [0.1, 0.15) is 51.2 Å². The molecule has 1 saturated carbocycles. The van der Waals surface area contributed by atoms with Gasteiger partial charge in [0.25, 0.3) is 0 Å². The summed E-state index contributed by atoms with van der Waals surface area (Å²) in [7, 11) is 0. The van der Waals surface area contributed by atoms with Crippen LogP contribution in [0.4, 0.5) is 4.79 Å². The van der Waals surface area contributed by atoms with Gasteiger partial charge in [0.15, 0.2) is 0 Å². The van der Waals surface area contributed by atoms with Crippen LogP contribution in [0.2, 0.25) is 0 Å². The van der Waals surface area contributed by atoms with E-state index in [-0.39, 0.29) is 6.09 Å². The number of amides is 1. The van der Waals surface area contributed by atoms with Gasteiger partial charge in [-0.15, -0.1) is 0 Å². The van der Waals surface area contributed by atoms with E-state index >= 15 is 0 Å². The molecule has 0 bridgehead atoms. The van der Waals surface area contributed by atoms with Crippen LogP contribution >= 0.6 is 0 Å². The van der Waals surface area contributed by atoms with Crippen molar-refractivity contribution in [2.24, 2.45) is 5.92 Å². The third kappa shape index (κ3) is 5.68. The van der Waals surface area contributed by atoms with Crippen molar-refractivity contribution in [2.45, 2.75) is 58.7 Å². The summed E-state index contributed by atoms with van der Waals surface area (Å²) in [6.07, 6.45) is 3.72. The minimum atomic E-state index is -0.464. The Morgan fingerprint density at radius 3 is 2.36 bits per heavy atom. The maximum absolute atomic E-state index is 11.7. The molecule has 0 aliphatic heterocycles. The monoisotopic (exact) mass is 304 g/mol. The number of benzene rings is 1. The minimum Gasteiger partial charge on any atom is -0.444 e. The molecular formula is C18H28N2O2. The fourth-order valence-electron chi connectivity index (χ4n) is 2.49. The fraction of sp³-hybridized carbons (Fsp3) is 0.611. The van der Waals surface area contributed by atoms with Crippen LogP contribution in [0.15, 0.2) is 24.3 Å². The number of carbonyl (C=O) groups excluding carboxylic acids is 1. The van der Waals surface area contributed by atoms with Gasteiger partial charge in [0.1, 0.15) is 5.60 Å². The van der Waals surface area contributed by atoms with E-state index in [2.05, 4.69) is 22.8 Å². The minimum absolute atomic E-state index is 0.371. The molecule has 1 amide bonds. The number of ether oxygens (including phenoxy) is 1. The van der Waals surface area contributed by atoms with Crippen molar-refractivity contribution in [3.63, 3.8) is 0 Å². The summed E-state index contributed by atoms with van der Waals surface area (Å²) in [5.74, 6) is 0.854. The molecule has 4 heteroatoms. The third-order valence-electron chi connectivity index (χ3n) is 3.91. The maximum atomic E-state index is 11.7. The molecule has 22 heavy (non-hydrogen) atoms. The van der Waals surface area contributed by atoms with Gasteiger partial charge in [-0.2, -0.15) is 0 Å². The van der Waals surface area contributed by atoms with E-state index in [1.165, 1.54) is 24.8 Å². The van der Waals surface area contributed by atoms with Crippen LogP contribution in [0.25, 0.3) is 0 Å². The van der Waals surface area contributed by atoms with E-state index in [0.717, 1.165) is 24.6 Å². The molecule has 0 radical (unpaired) electrons. The Morgan fingerprint density at radius 1 is 1.18 bits per heavy atom. The quantitative estimate of drug-likeness (QED) is 0.844. The van der Waals surface area contributed by atoms with Gasteiger partial charge < -0.3 is 15.4 Å². The van der Waals surface area contributed by atoms with Gasteiger partial charge in [-0.25, -0.2) is 4.79 Å². The molecule has 0 atom stereocenters. The van der Waals surface area contributed by atoms with Crippen LogP contribution in [-0.4, -0.2) is 18.2 Å². The largest absolute Gasteiger partial charge is 0.444 e. The summed E-state index contributed by atoms with van der Waals surface area (Å²) in [4.78, 5) is 11.7. The van der Waals surface area contributed by atoms with Gasteiger partial charge in [-0.05, 0) is 57.2 Å². The highest BCUT2D eigenvalue weighted by Crippen LogP contribution is 2.25. The fourth-order valence-corrected chi connectivity index (χ4v) is 2.49. The van der Waals surface area contributed by atoms with Crippen LogP contribution in [0, 0.1) is 5.92 Å². The molecule has 0 saturated heterocycles. The Morgan fingerprint density at radius 2 is 1.82 bits per heavy atom.